The van der Waals surface area contributed by atoms with Crippen molar-refractivity contribution in [2.24, 2.45) is 11.8 Å². The number of anilines is 1. The van der Waals surface area contributed by atoms with E-state index in [1.807, 2.05) is 11.8 Å². The Morgan fingerprint density at radius 3 is 2.60 bits per heavy atom. The summed E-state index contributed by atoms with van der Waals surface area (Å²) in [6.07, 6.45) is 0.219. The number of amides is 2. The summed E-state index contributed by atoms with van der Waals surface area (Å²) in [4.78, 5) is 53.5. The van der Waals surface area contributed by atoms with Crippen molar-refractivity contribution in [2.45, 2.75) is 50.3 Å². The van der Waals surface area contributed by atoms with Crippen molar-refractivity contribution in [2.75, 3.05) is 11.9 Å². The zero-order valence-corrected chi connectivity index (χ0v) is 22.8. The maximum absolute atomic E-state index is 13.5. The summed E-state index contributed by atoms with van der Waals surface area (Å²) in [5.41, 5.74) is 1.69. The van der Waals surface area contributed by atoms with Crippen LogP contribution < -0.4 is 5.32 Å². The number of hydrogen-bond acceptors (Lipinski definition) is 7. The van der Waals surface area contributed by atoms with E-state index in [1.54, 1.807) is 36.4 Å². The van der Waals surface area contributed by atoms with Crippen molar-refractivity contribution >= 4 is 41.5 Å². The van der Waals surface area contributed by atoms with Gasteiger partial charge in [-0.25, -0.2) is 9.18 Å². The lowest BCUT2D eigenvalue weighted by Crippen LogP contribution is -2.63. The number of carboxylic acid groups (broad SMARTS) is 1. The van der Waals surface area contributed by atoms with Gasteiger partial charge in [-0.15, -0.1) is 11.8 Å². The minimum Gasteiger partial charge on any atom is -0.477 e. The fraction of sp³-hybridized carbons (Fsp3) is 0.379. The molecule has 2 amide bonds. The summed E-state index contributed by atoms with van der Waals surface area (Å²) in [6.45, 7) is 4.24. The first kappa shape index (κ1) is 28.0. The molecule has 3 heterocycles. The Labute approximate surface area is 235 Å². The highest BCUT2D eigenvalue weighted by atomic mass is 32.2. The topological polar surface area (TPSA) is 127 Å². The Morgan fingerprint density at radius 1 is 1.23 bits per heavy atom. The molecule has 2 fully saturated rings. The molecular formula is C29H30FN3O6S. The van der Waals surface area contributed by atoms with Crippen molar-refractivity contribution in [3.05, 3.63) is 76.1 Å². The van der Waals surface area contributed by atoms with Crippen molar-refractivity contribution < 1.29 is 33.8 Å². The molecule has 40 heavy (non-hydrogen) atoms. The number of likely N-dealkylation sites (tertiary alicyclic amines) is 1. The first-order valence-corrected chi connectivity index (χ1v) is 14.0. The third-order valence-corrected chi connectivity index (χ3v) is 9.36. The number of nitrogens with one attached hydrogen (secondary N) is 1. The maximum atomic E-state index is 13.5. The van der Waals surface area contributed by atoms with Gasteiger partial charge >= 0.3 is 5.97 Å². The molecule has 210 valence electrons. The second-order valence-electron chi connectivity index (χ2n) is 10.6. The van der Waals surface area contributed by atoms with Gasteiger partial charge in [0, 0.05) is 40.4 Å². The molecule has 0 aromatic heterocycles. The average molecular weight is 568 g/mol. The minimum absolute atomic E-state index is 0.0481. The van der Waals surface area contributed by atoms with Gasteiger partial charge in [0.05, 0.1) is 24.1 Å². The van der Waals surface area contributed by atoms with E-state index in [1.165, 1.54) is 35.7 Å². The van der Waals surface area contributed by atoms with Gasteiger partial charge in [0.1, 0.15) is 17.8 Å². The van der Waals surface area contributed by atoms with Gasteiger partial charge in [-0.3, -0.25) is 19.3 Å². The van der Waals surface area contributed by atoms with Crippen molar-refractivity contribution in [3.63, 3.8) is 0 Å². The number of β-lactam (4-membered cyclic amide) rings is 1. The molecule has 0 bridgehead atoms. The van der Waals surface area contributed by atoms with Crippen LogP contribution in [0.3, 0.4) is 0 Å². The van der Waals surface area contributed by atoms with Crippen LogP contribution in [-0.2, 0) is 20.9 Å². The van der Waals surface area contributed by atoms with Gasteiger partial charge in [0.15, 0.2) is 0 Å². The molecule has 0 saturated carbocycles. The number of benzene rings is 2. The SMILES string of the molecule is C[C@@H](O)[C@H]1C(=O)N2C(C(=O)O)=C(S[C@H]3C[C@@H](C(=O)Nc4cccc(C=O)c4)N(Cc4ccc(F)cc4)C3)[C@H](C)[C@H]12. The van der Waals surface area contributed by atoms with Crippen LogP contribution in [-0.4, -0.2) is 74.1 Å². The number of carbonyl (C=O) groups excluding carboxylic acids is 3. The Hall–Kier alpha value is -3.54. The maximum Gasteiger partial charge on any atom is 0.353 e. The molecule has 6 atom stereocenters. The summed E-state index contributed by atoms with van der Waals surface area (Å²) in [6, 6.07) is 11.7. The van der Waals surface area contributed by atoms with Gasteiger partial charge in [0.2, 0.25) is 11.8 Å². The van der Waals surface area contributed by atoms with Gasteiger partial charge in [0.25, 0.3) is 0 Å². The smallest absolute Gasteiger partial charge is 0.353 e. The first-order valence-electron chi connectivity index (χ1n) is 13.1. The molecule has 3 aliphatic heterocycles. The molecule has 2 aromatic carbocycles. The number of aliphatic hydroxyl groups excluding tert-OH is 1. The van der Waals surface area contributed by atoms with E-state index < -0.39 is 30.1 Å². The number of aliphatic carboxylic acids is 1. The molecule has 2 saturated heterocycles. The van der Waals surface area contributed by atoms with Crippen LogP contribution in [0.4, 0.5) is 10.1 Å². The standard InChI is InChI=1S/C29H30FN3O6S/c1-15-24-23(16(2)35)28(37)33(24)25(29(38)39)26(15)40-21-11-22(27(36)31-20-5-3-4-18(10-20)14-34)32(13-21)12-17-6-8-19(30)9-7-17/h3-10,14-16,21-24,35H,11-13H2,1-2H3,(H,31,36)(H,38,39)/t15-,16-,21+,22+,23-,24-/m1/s1. The Balaban J connectivity index is 1.39. The molecule has 3 N–H and O–H groups in total. The van der Waals surface area contributed by atoms with Crippen LogP contribution in [0.15, 0.2) is 59.1 Å². The van der Waals surface area contributed by atoms with Crippen molar-refractivity contribution in [1.29, 1.82) is 0 Å². The van der Waals surface area contributed by atoms with Crippen LogP contribution in [0.1, 0.15) is 36.2 Å². The molecule has 5 rings (SSSR count). The lowest BCUT2D eigenvalue weighted by molar-refractivity contribution is -0.163. The summed E-state index contributed by atoms with van der Waals surface area (Å²) in [7, 11) is 0. The molecule has 0 radical (unpaired) electrons. The molecule has 0 aliphatic carbocycles. The highest BCUT2D eigenvalue weighted by Gasteiger charge is 2.60. The minimum atomic E-state index is -1.19. The van der Waals surface area contributed by atoms with Crippen molar-refractivity contribution in [1.82, 2.24) is 9.80 Å². The number of thioether (sulfide) groups is 1. The molecule has 0 unspecified atom stereocenters. The highest BCUT2D eigenvalue weighted by molar-refractivity contribution is 8.03. The number of aliphatic hydroxyl groups is 1. The van der Waals surface area contributed by atoms with E-state index in [-0.39, 0.29) is 34.5 Å². The fourth-order valence-electron chi connectivity index (χ4n) is 5.99. The van der Waals surface area contributed by atoms with Gasteiger partial charge in [-0.05, 0) is 43.2 Å². The normalized spacial score (nSPS) is 26.9. The number of carbonyl (C=O) groups is 4. The van der Waals surface area contributed by atoms with Crippen LogP contribution in [0.5, 0.6) is 0 Å². The monoisotopic (exact) mass is 567 g/mol. The van der Waals surface area contributed by atoms with Gasteiger partial charge < -0.3 is 20.4 Å². The number of aldehydes is 1. The van der Waals surface area contributed by atoms with Crippen LogP contribution in [0.25, 0.3) is 0 Å². The number of fused-ring (bicyclic) bond motifs is 1. The third kappa shape index (κ3) is 5.16. The quantitative estimate of drug-likeness (QED) is 0.312. The molecular weight excluding hydrogens is 537 g/mol. The second kappa shape index (κ2) is 11.1. The lowest BCUT2D eigenvalue weighted by atomic mass is 9.79. The van der Waals surface area contributed by atoms with Gasteiger partial charge in [-0.1, -0.05) is 31.2 Å². The number of halogens is 1. The summed E-state index contributed by atoms with van der Waals surface area (Å²) in [5.74, 6) is -3.15. The molecule has 2 aromatic rings. The van der Waals surface area contributed by atoms with Gasteiger partial charge in [-0.2, -0.15) is 0 Å². The van der Waals surface area contributed by atoms with E-state index in [2.05, 4.69) is 5.32 Å². The van der Waals surface area contributed by atoms with E-state index in [0.29, 0.717) is 42.0 Å². The van der Waals surface area contributed by atoms with Crippen molar-refractivity contribution in [3.8, 4) is 0 Å². The molecule has 9 nitrogen and oxygen atoms in total. The largest absolute Gasteiger partial charge is 0.477 e. The number of hydrogen-bond donors (Lipinski definition) is 3. The number of rotatable bonds is 9. The van der Waals surface area contributed by atoms with Crippen LogP contribution >= 0.6 is 11.8 Å². The Kier molecular flexibility index (Phi) is 7.80. The molecule has 0 spiro atoms. The lowest BCUT2D eigenvalue weighted by Gasteiger charge is -2.46. The summed E-state index contributed by atoms with van der Waals surface area (Å²) < 4.78 is 13.5. The fourth-order valence-corrected chi connectivity index (χ4v) is 7.55. The zero-order chi connectivity index (χ0) is 28.7. The van der Waals surface area contributed by atoms with E-state index in [4.69, 9.17) is 0 Å². The highest BCUT2D eigenvalue weighted by Crippen LogP contribution is 2.52. The van der Waals surface area contributed by atoms with E-state index in [9.17, 15) is 33.8 Å². The summed E-state index contributed by atoms with van der Waals surface area (Å²) >= 11 is 1.37. The zero-order valence-electron chi connectivity index (χ0n) is 22.0. The average Bonchev–Trinajstić information content (AvgIpc) is 3.42. The third-order valence-electron chi connectivity index (χ3n) is 7.86. The number of nitrogens with zero attached hydrogens (tertiary/aromatic N) is 2. The predicted molar refractivity (Wildman–Crippen MR) is 147 cm³/mol. The predicted octanol–water partition coefficient (Wildman–Crippen LogP) is 3.11. The van der Waals surface area contributed by atoms with Crippen LogP contribution in [0, 0.1) is 17.7 Å². The first-order chi connectivity index (χ1) is 19.1. The second-order valence-corrected chi connectivity index (χ2v) is 11.9. The van der Waals surface area contributed by atoms with E-state index >= 15 is 0 Å². The number of carboxylic acids is 1. The molecule has 3 aliphatic rings. The molecule has 11 heteroatoms. The Morgan fingerprint density at radius 2 is 1.95 bits per heavy atom. The summed E-state index contributed by atoms with van der Waals surface area (Å²) in [5, 5.41) is 22.9. The van der Waals surface area contributed by atoms with E-state index in [0.717, 1.165) is 5.56 Å². The van der Waals surface area contributed by atoms with Crippen LogP contribution in [0.2, 0.25) is 0 Å². The Bertz CT molecular complexity index is 1380.